The van der Waals surface area contributed by atoms with Gasteiger partial charge in [-0.2, -0.15) is 0 Å². The van der Waals surface area contributed by atoms with Crippen molar-refractivity contribution in [2.24, 2.45) is 11.8 Å². The van der Waals surface area contributed by atoms with E-state index in [0.29, 0.717) is 23.6 Å². The topological polar surface area (TPSA) is 62.4 Å². The van der Waals surface area contributed by atoms with Crippen molar-refractivity contribution >= 4 is 34.8 Å². The monoisotopic (exact) mass is 477 g/mol. The van der Waals surface area contributed by atoms with Crippen molar-refractivity contribution < 1.29 is 13.9 Å². The third-order valence-electron chi connectivity index (χ3n) is 7.02. The highest BCUT2D eigenvalue weighted by molar-refractivity contribution is 6.31. The van der Waals surface area contributed by atoms with Crippen LogP contribution in [0.15, 0.2) is 36.4 Å². The molecule has 0 radical (unpaired) electrons. The standard InChI is InChI=1S/C24H26Cl2FN3O2/c25-15-1-3-17-20(5-6-28-23(17)9-15)29-21-11-22(14-7-13(21)8-14)30-24(31)12-32-16-2-4-18(26)19(27)10-16/h1-4,9-10,13-14,20-22,28-29H,5-8,11-12H2,(H,30,31)/t13?,14?,20?,21-,22+/m0/s1. The Morgan fingerprint density at radius 3 is 2.72 bits per heavy atom. The predicted molar refractivity (Wildman–Crippen MR) is 124 cm³/mol. The second kappa shape index (κ2) is 9.08. The molecule has 1 heterocycles. The molecule has 1 amide bonds. The molecule has 2 bridgehead atoms. The van der Waals surface area contributed by atoms with Gasteiger partial charge in [-0.1, -0.05) is 29.3 Å². The molecule has 1 unspecified atom stereocenters. The van der Waals surface area contributed by atoms with Crippen molar-refractivity contribution in [3.8, 4) is 5.75 Å². The second-order valence-electron chi connectivity index (χ2n) is 9.04. The summed E-state index contributed by atoms with van der Waals surface area (Å²) in [5.41, 5.74) is 2.36. The third kappa shape index (κ3) is 4.54. The van der Waals surface area contributed by atoms with E-state index in [0.717, 1.165) is 42.9 Å². The molecule has 5 nitrogen and oxygen atoms in total. The van der Waals surface area contributed by atoms with Gasteiger partial charge in [0.15, 0.2) is 6.61 Å². The van der Waals surface area contributed by atoms with Gasteiger partial charge in [0.2, 0.25) is 0 Å². The lowest BCUT2D eigenvalue weighted by Gasteiger charge is -2.52. The highest BCUT2D eigenvalue weighted by Crippen LogP contribution is 2.47. The van der Waals surface area contributed by atoms with Crippen LogP contribution in [0.4, 0.5) is 10.1 Å². The van der Waals surface area contributed by atoms with Crippen LogP contribution in [0.25, 0.3) is 0 Å². The van der Waals surface area contributed by atoms with E-state index in [1.54, 1.807) is 6.07 Å². The van der Waals surface area contributed by atoms with Crippen LogP contribution < -0.4 is 20.7 Å². The predicted octanol–water partition coefficient (Wildman–Crippen LogP) is 4.94. The lowest BCUT2D eigenvalue weighted by atomic mass is 9.60. The van der Waals surface area contributed by atoms with Gasteiger partial charge in [0.25, 0.3) is 5.91 Å². The lowest BCUT2D eigenvalue weighted by Crippen LogP contribution is -2.59. The van der Waals surface area contributed by atoms with E-state index >= 15 is 0 Å². The zero-order valence-electron chi connectivity index (χ0n) is 17.5. The Bertz CT molecular complexity index is 1010. The number of hydrogen-bond acceptors (Lipinski definition) is 4. The molecule has 4 aliphatic rings. The van der Waals surface area contributed by atoms with Gasteiger partial charge in [-0.05, 0) is 67.3 Å². The number of carbonyl (C=O) groups excluding carboxylic acids is 1. The molecule has 3 atom stereocenters. The number of ether oxygens (including phenoxy) is 1. The Morgan fingerprint density at radius 1 is 1.09 bits per heavy atom. The van der Waals surface area contributed by atoms with E-state index in [4.69, 9.17) is 27.9 Å². The molecule has 6 rings (SSSR count). The van der Waals surface area contributed by atoms with Crippen molar-refractivity contribution in [3.63, 3.8) is 0 Å². The summed E-state index contributed by atoms with van der Waals surface area (Å²) < 4.78 is 19.0. The average molecular weight is 478 g/mol. The molecule has 8 heteroatoms. The molecule has 32 heavy (non-hydrogen) atoms. The maximum Gasteiger partial charge on any atom is 0.258 e. The minimum Gasteiger partial charge on any atom is -0.484 e. The molecule has 0 aromatic heterocycles. The van der Waals surface area contributed by atoms with Crippen LogP contribution in [0.1, 0.15) is 37.3 Å². The summed E-state index contributed by atoms with van der Waals surface area (Å²) in [5.74, 6) is 0.726. The number of hydrogen-bond donors (Lipinski definition) is 3. The van der Waals surface area contributed by atoms with E-state index in [9.17, 15) is 9.18 Å². The van der Waals surface area contributed by atoms with Crippen LogP contribution in [0.5, 0.6) is 5.75 Å². The first-order chi connectivity index (χ1) is 15.5. The molecule has 0 spiro atoms. The third-order valence-corrected chi connectivity index (χ3v) is 7.56. The smallest absolute Gasteiger partial charge is 0.258 e. The van der Waals surface area contributed by atoms with E-state index < -0.39 is 5.82 Å². The SMILES string of the molecule is O=C(COc1ccc(Cl)c(F)c1)N[C@@H]1C[C@H](NC2CCNc3cc(Cl)ccc32)C2CC1C2. The van der Waals surface area contributed by atoms with Gasteiger partial charge < -0.3 is 20.7 Å². The summed E-state index contributed by atoms with van der Waals surface area (Å²) in [6.07, 6.45) is 4.18. The Labute approximate surface area is 197 Å². The molecule has 2 aromatic carbocycles. The van der Waals surface area contributed by atoms with Gasteiger partial charge in [0.1, 0.15) is 11.6 Å². The Kier molecular flexibility index (Phi) is 6.19. The van der Waals surface area contributed by atoms with Crippen molar-refractivity contribution in [2.45, 2.75) is 43.8 Å². The number of benzene rings is 2. The minimum absolute atomic E-state index is 0.0292. The number of nitrogens with one attached hydrogen (secondary N) is 3. The van der Waals surface area contributed by atoms with Gasteiger partial charge >= 0.3 is 0 Å². The fourth-order valence-corrected chi connectivity index (χ4v) is 5.58. The molecule has 3 fully saturated rings. The van der Waals surface area contributed by atoms with E-state index in [-0.39, 0.29) is 29.6 Å². The summed E-state index contributed by atoms with van der Waals surface area (Å²) in [6.45, 7) is 0.766. The van der Waals surface area contributed by atoms with E-state index in [1.165, 1.54) is 17.7 Å². The van der Waals surface area contributed by atoms with Gasteiger partial charge in [-0.15, -0.1) is 0 Å². The Hall–Kier alpha value is -2.02. The van der Waals surface area contributed by atoms with E-state index in [1.807, 2.05) is 12.1 Å². The second-order valence-corrected chi connectivity index (χ2v) is 9.88. The largest absolute Gasteiger partial charge is 0.484 e. The van der Waals surface area contributed by atoms with Crippen molar-refractivity contribution in [2.75, 3.05) is 18.5 Å². The Morgan fingerprint density at radius 2 is 1.91 bits per heavy atom. The fraction of sp³-hybridized carbons (Fsp3) is 0.458. The molecule has 3 aliphatic carbocycles. The van der Waals surface area contributed by atoms with E-state index in [2.05, 4.69) is 22.0 Å². The molecule has 2 aromatic rings. The number of anilines is 1. The number of fused-ring (bicyclic) bond motifs is 3. The summed E-state index contributed by atoms with van der Waals surface area (Å²) in [4.78, 5) is 12.5. The highest BCUT2D eigenvalue weighted by Gasteiger charge is 2.47. The summed E-state index contributed by atoms with van der Waals surface area (Å²) in [6, 6.07) is 11.0. The van der Waals surface area contributed by atoms with Crippen LogP contribution >= 0.6 is 23.2 Å². The number of rotatable bonds is 6. The average Bonchev–Trinajstić information content (AvgIpc) is 2.73. The summed E-state index contributed by atoms with van der Waals surface area (Å²) >= 11 is 11.8. The van der Waals surface area contributed by atoms with Gasteiger partial charge in [0.05, 0.1) is 5.02 Å². The van der Waals surface area contributed by atoms with Crippen LogP contribution in [0.3, 0.4) is 0 Å². The molecule has 170 valence electrons. The minimum atomic E-state index is -0.562. The maximum absolute atomic E-state index is 13.6. The van der Waals surface area contributed by atoms with Crippen LogP contribution in [-0.4, -0.2) is 31.1 Å². The number of halogens is 3. The quantitative estimate of drug-likeness (QED) is 0.551. The molecule has 3 N–H and O–H groups in total. The maximum atomic E-state index is 13.6. The van der Waals surface area contributed by atoms with Gasteiger partial charge in [-0.3, -0.25) is 4.79 Å². The number of carbonyl (C=O) groups is 1. The molecule has 1 aliphatic heterocycles. The van der Waals surface area contributed by atoms with Crippen LogP contribution in [0.2, 0.25) is 10.0 Å². The first-order valence-corrected chi connectivity index (χ1v) is 11.9. The summed E-state index contributed by atoms with van der Waals surface area (Å²) in [5, 5.41) is 11.2. The normalized spacial score (nSPS) is 28.2. The first-order valence-electron chi connectivity index (χ1n) is 11.1. The molecular weight excluding hydrogens is 452 g/mol. The Balaban J connectivity index is 1.17. The molecule has 0 saturated heterocycles. The zero-order valence-corrected chi connectivity index (χ0v) is 19.1. The zero-order chi connectivity index (χ0) is 22.2. The van der Waals surface area contributed by atoms with Crippen molar-refractivity contribution in [1.29, 1.82) is 0 Å². The first kappa shape index (κ1) is 21.8. The van der Waals surface area contributed by atoms with Crippen LogP contribution in [-0.2, 0) is 4.79 Å². The fourth-order valence-electron chi connectivity index (χ4n) is 5.29. The lowest BCUT2D eigenvalue weighted by molar-refractivity contribution is -0.125. The van der Waals surface area contributed by atoms with Gasteiger partial charge in [-0.25, -0.2) is 4.39 Å². The van der Waals surface area contributed by atoms with Gasteiger partial charge in [0, 0.05) is 41.4 Å². The van der Waals surface area contributed by atoms with Crippen molar-refractivity contribution in [1.82, 2.24) is 10.6 Å². The number of amides is 1. The molecule has 3 saturated carbocycles. The highest BCUT2D eigenvalue weighted by atomic mass is 35.5. The van der Waals surface area contributed by atoms with Crippen molar-refractivity contribution in [3.05, 3.63) is 57.8 Å². The van der Waals surface area contributed by atoms with Crippen LogP contribution in [0, 0.1) is 17.7 Å². The summed E-state index contributed by atoms with van der Waals surface area (Å²) in [7, 11) is 0. The molecular formula is C24H26Cl2FN3O2.